The van der Waals surface area contributed by atoms with Gasteiger partial charge in [-0.05, 0) is 12.1 Å². The van der Waals surface area contributed by atoms with Gasteiger partial charge in [0.1, 0.15) is 7.11 Å². The summed E-state index contributed by atoms with van der Waals surface area (Å²) >= 11 is 1.53. The molecule has 1 heterocycles. The van der Waals surface area contributed by atoms with Gasteiger partial charge in [0.15, 0.2) is 0 Å². The van der Waals surface area contributed by atoms with Crippen LogP contribution in [0, 0.1) is 0 Å². The minimum atomic E-state index is -0.159. The number of nitrogens with zero attached hydrogens (tertiary/aromatic N) is 2. The zero-order valence-electron chi connectivity index (χ0n) is 11.3. The minimum absolute atomic E-state index is 0.159. The Morgan fingerprint density at radius 2 is 2.11 bits per heavy atom. The molecule has 0 spiro atoms. The van der Waals surface area contributed by atoms with Crippen LogP contribution in [0.4, 0.5) is 0 Å². The summed E-state index contributed by atoms with van der Waals surface area (Å²) in [6.07, 6.45) is 0. The molecule has 1 aromatic heterocycles. The molecule has 0 aliphatic rings. The van der Waals surface area contributed by atoms with Gasteiger partial charge in [-0.25, -0.2) is 4.98 Å². The number of quaternary nitrogens is 1. The number of hydrogen-bond donors (Lipinski definition) is 1. The van der Waals surface area contributed by atoms with Crippen LogP contribution < -0.4 is 15.3 Å². The number of benzene rings is 1. The Morgan fingerprint density at radius 1 is 1.37 bits per heavy atom. The Bertz CT molecular complexity index is 625. The molecule has 0 aliphatic carbocycles. The maximum absolute atomic E-state index is 12.3. The molecule has 2 rings (SSSR count). The monoisotopic (exact) mass is 280 g/mol. The number of aromatic nitrogens is 2. The second-order valence-corrected chi connectivity index (χ2v) is 5.56. The molecule has 0 atom stereocenters. The lowest BCUT2D eigenvalue weighted by Gasteiger charge is -2.11. The van der Waals surface area contributed by atoms with Gasteiger partial charge in [-0.2, -0.15) is 0 Å². The van der Waals surface area contributed by atoms with Crippen molar-refractivity contribution < 1.29 is 9.74 Å². The third kappa shape index (κ3) is 3.08. The van der Waals surface area contributed by atoms with Crippen molar-refractivity contribution in [3.63, 3.8) is 0 Å². The largest absolute Gasteiger partial charge is 0.411 e. The Labute approximate surface area is 116 Å². The highest BCUT2D eigenvalue weighted by molar-refractivity contribution is 7.99. The molecule has 2 aromatic rings. The summed E-state index contributed by atoms with van der Waals surface area (Å²) in [5, 5.41) is 1.18. The van der Waals surface area contributed by atoms with E-state index in [0.29, 0.717) is 16.1 Å². The van der Waals surface area contributed by atoms with Crippen LogP contribution in [0.1, 0.15) is 0 Å². The van der Waals surface area contributed by atoms with Crippen LogP contribution in [-0.2, 0) is 0 Å². The maximum atomic E-state index is 12.3. The molecule has 0 radical (unpaired) electrons. The fourth-order valence-electron chi connectivity index (χ4n) is 1.70. The minimum Gasteiger partial charge on any atom is -0.411 e. The molecule has 0 fully saturated rings. The Morgan fingerprint density at radius 3 is 2.79 bits per heavy atom. The Balaban J connectivity index is 2.39. The zero-order valence-corrected chi connectivity index (χ0v) is 12.2. The third-order valence-corrected chi connectivity index (χ3v) is 3.65. The van der Waals surface area contributed by atoms with Gasteiger partial charge in [0.05, 0.1) is 37.3 Å². The number of hydrogen-bond acceptors (Lipinski definition) is 4. The van der Waals surface area contributed by atoms with Gasteiger partial charge in [0.25, 0.3) is 5.56 Å². The predicted octanol–water partition coefficient (Wildman–Crippen LogP) is -0.308. The average Bonchev–Trinajstić information content (AvgIpc) is 2.39. The molecule has 0 saturated carbocycles. The number of rotatable bonds is 5. The first kappa shape index (κ1) is 13.9. The van der Waals surface area contributed by atoms with Crippen LogP contribution in [0.25, 0.3) is 10.9 Å². The first-order valence-electron chi connectivity index (χ1n) is 6.11. The molecule has 0 saturated heterocycles. The van der Waals surface area contributed by atoms with E-state index in [0.717, 1.165) is 12.3 Å². The van der Waals surface area contributed by atoms with Crippen LogP contribution in [0.5, 0.6) is 0 Å². The summed E-state index contributed by atoms with van der Waals surface area (Å²) < 4.78 is 1.26. The number of thioether (sulfide) groups is 1. The fourth-order valence-corrected chi connectivity index (χ4v) is 2.83. The highest BCUT2D eigenvalue weighted by Crippen LogP contribution is 2.15. The molecule has 0 unspecified atom stereocenters. The predicted molar refractivity (Wildman–Crippen MR) is 76.9 cm³/mol. The number of nitrogens with one attached hydrogen (secondary N) is 1. The van der Waals surface area contributed by atoms with E-state index < -0.39 is 0 Å². The maximum Gasteiger partial charge on any atom is 0.295 e. The van der Waals surface area contributed by atoms with Crippen molar-refractivity contribution >= 4 is 22.7 Å². The number of fused-ring (bicyclic) bond motifs is 1. The number of para-hydroxylation sites is 1. The smallest absolute Gasteiger partial charge is 0.295 e. The van der Waals surface area contributed by atoms with Crippen molar-refractivity contribution in [3.8, 4) is 0 Å². The summed E-state index contributed by atoms with van der Waals surface area (Å²) in [6.45, 7) is 0.997. The molecule has 0 aliphatic heterocycles. The molecule has 5 nitrogen and oxygen atoms in total. The summed E-state index contributed by atoms with van der Waals surface area (Å²) in [5.41, 5.74) is 0.549. The van der Waals surface area contributed by atoms with Crippen molar-refractivity contribution in [2.24, 2.45) is 0 Å². The zero-order chi connectivity index (χ0) is 13.8. The summed E-state index contributed by atoms with van der Waals surface area (Å²) in [6, 6.07) is 7.31. The first-order chi connectivity index (χ1) is 9.13. The lowest BCUT2D eigenvalue weighted by Crippen LogP contribution is -3.06. The first-order valence-corrected chi connectivity index (χ1v) is 7.10. The highest BCUT2D eigenvalue weighted by Gasteiger charge is 2.11. The standard InChI is InChI=1S/C13H17N3O2S/c1-15(2)8-9-19-13-14-11-7-5-4-6-10(11)12(17)16(13)18-3/h4-7H,8-9H2,1-3H3/p+1. The van der Waals surface area contributed by atoms with Gasteiger partial charge in [-0.15, -0.1) is 4.73 Å². The van der Waals surface area contributed by atoms with Crippen LogP contribution in [0.2, 0.25) is 0 Å². The van der Waals surface area contributed by atoms with E-state index in [1.807, 2.05) is 18.2 Å². The van der Waals surface area contributed by atoms with Gasteiger partial charge in [0.2, 0.25) is 5.16 Å². The molecule has 1 aromatic carbocycles. The van der Waals surface area contributed by atoms with Gasteiger partial charge in [-0.3, -0.25) is 4.79 Å². The van der Waals surface area contributed by atoms with E-state index in [-0.39, 0.29) is 5.56 Å². The van der Waals surface area contributed by atoms with Crippen LogP contribution >= 0.6 is 11.8 Å². The van der Waals surface area contributed by atoms with Gasteiger partial charge in [-0.1, -0.05) is 23.9 Å². The Hall–Kier alpha value is -1.53. The quantitative estimate of drug-likeness (QED) is 0.603. The molecule has 102 valence electrons. The van der Waals surface area contributed by atoms with E-state index in [1.165, 1.54) is 28.5 Å². The van der Waals surface area contributed by atoms with Crippen molar-refractivity contribution in [3.05, 3.63) is 34.6 Å². The fraction of sp³-hybridized carbons (Fsp3) is 0.385. The molecular formula is C13H18N3O2S+. The van der Waals surface area contributed by atoms with Crippen molar-refractivity contribution in [2.75, 3.05) is 33.5 Å². The second kappa shape index (κ2) is 6.08. The van der Waals surface area contributed by atoms with E-state index in [2.05, 4.69) is 19.1 Å². The van der Waals surface area contributed by atoms with Gasteiger partial charge >= 0.3 is 0 Å². The lowest BCUT2D eigenvalue weighted by atomic mass is 10.2. The summed E-state index contributed by atoms with van der Waals surface area (Å²) in [5.74, 6) is 0.885. The van der Waals surface area contributed by atoms with Gasteiger partial charge < -0.3 is 9.74 Å². The van der Waals surface area contributed by atoms with E-state index in [1.54, 1.807) is 6.07 Å². The van der Waals surface area contributed by atoms with Crippen LogP contribution in [-0.4, -0.2) is 43.2 Å². The average molecular weight is 280 g/mol. The van der Waals surface area contributed by atoms with E-state index >= 15 is 0 Å². The normalized spacial score (nSPS) is 11.2. The molecule has 6 heteroatoms. The lowest BCUT2D eigenvalue weighted by molar-refractivity contribution is -0.855. The van der Waals surface area contributed by atoms with Crippen molar-refractivity contribution in [2.45, 2.75) is 5.16 Å². The highest BCUT2D eigenvalue weighted by atomic mass is 32.2. The van der Waals surface area contributed by atoms with E-state index in [4.69, 9.17) is 4.84 Å². The van der Waals surface area contributed by atoms with Crippen LogP contribution in [0.3, 0.4) is 0 Å². The SMILES string of the molecule is COn1c(SCC[NH+](C)C)nc2ccccc2c1=O. The van der Waals surface area contributed by atoms with E-state index in [9.17, 15) is 4.79 Å². The third-order valence-electron chi connectivity index (χ3n) is 2.72. The van der Waals surface area contributed by atoms with Crippen LogP contribution in [0.15, 0.2) is 34.2 Å². The summed E-state index contributed by atoms with van der Waals surface area (Å²) in [7, 11) is 5.68. The van der Waals surface area contributed by atoms with Crippen molar-refractivity contribution in [1.82, 2.24) is 9.71 Å². The Kier molecular flexibility index (Phi) is 4.44. The molecule has 0 amide bonds. The van der Waals surface area contributed by atoms with Gasteiger partial charge in [0, 0.05) is 0 Å². The van der Waals surface area contributed by atoms with Crippen molar-refractivity contribution in [1.29, 1.82) is 0 Å². The molecule has 0 bridgehead atoms. The molecular weight excluding hydrogens is 262 g/mol. The second-order valence-electron chi connectivity index (χ2n) is 4.50. The molecule has 19 heavy (non-hydrogen) atoms. The summed E-state index contributed by atoms with van der Waals surface area (Å²) in [4.78, 5) is 23.3. The topological polar surface area (TPSA) is 48.6 Å². The molecule has 1 N–H and O–H groups in total.